The van der Waals surface area contributed by atoms with Gasteiger partial charge in [-0.2, -0.15) is 0 Å². The predicted molar refractivity (Wildman–Crippen MR) is 150 cm³/mol. The second kappa shape index (κ2) is 14.9. The van der Waals surface area contributed by atoms with E-state index >= 15 is 0 Å². The van der Waals surface area contributed by atoms with E-state index < -0.39 is 4.92 Å². The molecule has 0 unspecified atom stereocenters. The van der Waals surface area contributed by atoms with Gasteiger partial charge < -0.3 is 4.90 Å². The zero-order chi connectivity index (χ0) is 24.2. The molecule has 0 fully saturated rings. The van der Waals surface area contributed by atoms with Gasteiger partial charge in [-0.3, -0.25) is 19.9 Å². The molecule has 3 aromatic rings. The maximum absolute atomic E-state index is 12.8. The summed E-state index contributed by atoms with van der Waals surface area (Å²) in [6.07, 6.45) is 2.58. The number of ketones is 1. The van der Waals surface area contributed by atoms with Gasteiger partial charge in [0.05, 0.1) is 17.2 Å². The molecule has 0 heterocycles. The first-order valence-corrected chi connectivity index (χ1v) is 11.9. The predicted octanol–water partition coefficient (Wildman–Crippen LogP) is 6.38. The number of halogens is 1. The topological polar surface area (TPSA) is 75.8 Å². The molecule has 35 heavy (non-hydrogen) atoms. The fraction of sp³-hybridized carbons (Fsp3) is 0.185. The Balaban J connectivity index is 0.00000432. The van der Waals surface area contributed by atoms with Gasteiger partial charge in [0.2, 0.25) is 0 Å². The van der Waals surface area contributed by atoms with Crippen molar-refractivity contribution in [1.82, 2.24) is 4.90 Å². The van der Waals surface area contributed by atoms with Gasteiger partial charge in [0.25, 0.3) is 5.69 Å². The molecule has 0 atom stereocenters. The van der Waals surface area contributed by atoms with Crippen LogP contribution in [0, 0.1) is 10.1 Å². The third kappa shape index (κ3) is 9.15. The number of rotatable bonds is 11. The Kier molecular flexibility index (Phi) is 11.9. The molecule has 0 radical (unpaired) electrons. The first-order valence-electron chi connectivity index (χ1n) is 11.0. The van der Waals surface area contributed by atoms with Crippen LogP contribution in [-0.2, 0) is 13.0 Å². The number of aliphatic imine (C=N–C) groups is 1. The third-order valence-corrected chi connectivity index (χ3v) is 6.14. The zero-order valence-corrected chi connectivity index (χ0v) is 21.8. The number of nitro benzene ring substituents is 1. The molecule has 0 aliphatic heterocycles. The number of hydrogen-bond acceptors (Lipinski definition) is 5. The van der Waals surface area contributed by atoms with Crippen molar-refractivity contribution < 1.29 is 9.72 Å². The number of carbonyl (C=O) groups excluding carboxylic acids is 1. The molecule has 0 aliphatic carbocycles. The van der Waals surface area contributed by atoms with Crippen LogP contribution in [0.5, 0.6) is 0 Å². The maximum Gasteiger partial charge on any atom is 0.269 e. The standard InChI is InChI=1S/C27H27N3O3S.BrH/c1-2-18-28-27(34-21-26(31)24-13-15-25(16-14-24)30(32)33)29(20-23-11-7-4-8-12-23)19-17-22-9-5-3-6-10-22;/h2-16H,1,17-21H2;1H. The second-order valence-corrected chi connectivity index (χ2v) is 8.51. The number of carbonyl (C=O) groups is 1. The molecule has 3 aromatic carbocycles. The number of nitro groups is 1. The second-order valence-electron chi connectivity index (χ2n) is 7.57. The molecule has 0 N–H and O–H groups in total. The maximum atomic E-state index is 12.8. The first-order chi connectivity index (χ1) is 16.6. The van der Waals surface area contributed by atoms with Gasteiger partial charge in [-0.15, -0.1) is 23.6 Å². The number of non-ortho nitro benzene ring substituents is 1. The zero-order valence-electron chi connectivity index (χ0n) is 19.3. The summed E-state index contributed by atoms with van der Waals surface area (Å²) in [6.45, 7) is 5.64. The normalized spacial score (nSPS) is 10.8. The number of thioether (sulfide) groups is 1. The van der Waals surface area contributed by atoms with Gasteiger partial charge in [0, 0.05) is 30.8 Å². The molecule has 0 spiro atoms. The Morgan fingerprint density at radius 1 is 0.971 bits per heavy atom. The molecule has 0 aromatic heterocycles. The van der Waals surface area contributed by atoms with E-state index in [2.05, 4.69) is 35.7 Å². The molecule has 0 bridgehead atoms. The largest absolute Gasteiger partial charge is 0.347 e. The van der Waals surface area contributed by atoms with Crippen molar-refractivity contribution in [2.45, 2.75) is 13.0 Å². The quantitative estimate of drug-likeness (QED) is 0.0687. The molecule has 0 saturated carbocycles. The summed E-state index contributed by atoms with van der Waals surface area (Å²) in [7, 11) is 0. The van der Waals surface area contributed by atoms with Gasteiger partial charge in [-0.25, -0.2) is 0 Å². The Hall–Kier alpha value is -3.23. The monoisotopic (exact) mass is 553 g/mol. The van der Waals surface area contributed by atoms with Crippen LogP contribution in [0.15, 0.2) is 103 Å². The van der Waals surface area contributed by atoms with Crippen LogP contribution in [0.3, 0.4) is 0 Å². The van der Waals surface area contributed by atoms with Crippen LogP contribution in [0.2, 0.25) is 0 Å². The van der Waals surface area contributed by atoms with Crippen molar-refractivity contribution in [2.75, 3.05) is 18.8 Å². The van der Waals surface area contributed by atoms with Crippen LogP contribution in [0.1, 0.15) is 21.5 Å². The summed E-state index contributed by atoms with van der Waals surface area (Å²) in [5.41, 5.74) is 2.80. The fourth-order valence-corrected chi connectivity index (χ4v) is 4.25. The van der Waals surface area contributed by atoms with Gasteiger partial charge in [-0.05, 0) is 29.7 Å². The van der Waals surface area contributed by atoms with E-state index in [1.807, 2.05) is 36.4 Å². The van der Waals surface area contributed by atoms with Crippen LogP contribution in [0.25, 0.3) is 0 Å². The molecular weight excluding hydrogens is 526 g/mol. The fourth-order valence-electron chi connectivity index (χ4n) is 3.32. The van der Waals surface area contributed by atoms with Gasteiger partial charge in [0.15, 0.2) is 11.0 Å². The van der Waals surface area contributed by atoms with Gasteiger partial charge in [0.1, 0.15) is 0 Å². The van der Waals surface area contributed by atoms with Gasteiger partial charge >= 0.3 is 0 Å². The van der Waals surface area contributed by atoms with E-state index in [0.717, 1.165) is 23.7 Å². The minimum atomic E-state index is -0.475. The number of nitrogens with zero attached hydrogens (tertiary/aromatic N) is 3. The number of amidine groups is 1. The van der Waals surface area contributed by atoms with E-state index in [1.54, 1.807) is 6.08 Å². The lowest BCUT2D eigenvalue weighted by molar-refractivity contribution is -0.384. The minimum absolute atomic E-state index is 0. The Bertz CT molecular complexity index is 1120. The number of Topliss-reactive ketones (excluding diaryl/α,β-unsaturated/α-hetero) is 1. The molecule has 0 amide bonds. The van der Waals surface area contributed by atoms with E-state index in [4.69, 9.17) is 4.99 Å². The van der Waals surface area contributed by atoms with Crippen LogP contribution < -0.4 is 0 Å². The smallest absolute Gasteiger partial charge is 0.269 e. The average molecular weight is 555 g/mol. The highest BCUT2D eigenvalue weighted by atomic mass is 79.9. The molecule has 0 saturated heterocycles. The highest BCUT2D eigenvalue weighted by molar-refractivity contribution is 8.93. The van der Waals surface area contributed by atoms with Crippen molar-refractivity contribution in [3.63, 3.8) is 0 Å². The summed E-state index contributed by atoms with van der Waals surface area (Å²) in [5.74, 6) is 0.0821. The van der Waals surface area contributed by atoms with E-state index in [9.17, 15) is 14.9 Å². The summed E-state index contributed by atoms with van der Waals surface area (Å²) >= 11 is 1.38. The highest BCUT2D eigenvalue weighted by Crippen LogP contribution is 2.18. The molecule has 6 nitrogen and oxygen atoms in total. The molecule has 182 valence electrons. The molecule has 0 aliphatic rings. The molecule has 8 heteroatoms. The van der Waals surface area contributed by atoms with Crippen LogP contribution >= 0.6 is 28.7 Å². The average Bonchev–Trinajstić information content (AvgIpc) is 2.88. The van der Waals surface area contributed by atoms with Gasteiger partial charge in [-0.1, -0.05) is 78.5 Å². The van der Waals surface area contributed by atoms with E-state index in [0.29, 0.717) is 18.7 Å². The lowest BCUT2D eigenvalue weighted by Crippen LogP contribution is -2.31. The minimum Gasteiger partial charge on any atom is -0.347 e. The molecule has 3 rings (SSSR count). The number of hydrogen-bond donors (Lipinski definition) is 0. The van der Waals surface area contributed by atoms with Crippen molar-refractivity contribution in [3.05, 3.63) is 124 Å². The first kappa shape index (κ1) is 28.0. The van der Waals surface area contributed by atoms with Crippen molar-refractivity contribution >= 4 is 45.4 Å². The Labute approximate surface area is 220 Å². The van der Waals surface area contributed by atoms with Crippen LogP contribution in [-0.4, -0.2) is 39.6 Å². The Morgan fingerprint density at radius 3 is 2.14 bits per heavy atom. The highest BCUT2D eigenvalue weighted by Gasteiger charge is 2.16. The lowest BCUT2D eigenvalue weighted by Gasteiger charge is -2.26. The third-order valence-electron chi connectivity index (χ3n) is 5.09. The van der Waals surface area contributed by atoms with E-state index in [1.165, 1.54) is 41.6 Å². The van der Waals surface area contributed by atoms with Crippen LogP contribution in [0.4, 0.5) is 5.69 Å². The summed E-state index contributed by atoms with van der Waals surface area (Å²) < 4.78 is 0. The summed E-state index contributed by atoms with van der Waals surface area (Å²) in [5, 5.41) is 11.6. The SMILES string of the molecule is Br.C=CCN=C(SCC(=O)c1ccc([N+](=O)[O-])cc1)N(CCc1ccccc1)Cc1ccccc1. The Morgan fingerprint density at radius 2 is 1.57 bits per heavy atom. The summed E-state index contributed by atoms with van der Waals surface area (Å²) in [6, 6.07) is 26.1. The lowest BCUT2D eigenvalue weighted by atomic mass is 10.1. The van der Waals surface area contributed by atoms with E-state index in [-0.39, 0.29) is 34.2 Å². The van der Waals surface area contributed by atoms with Crippen molar-refractivity contribution in [1.29, 1.82) is 0 Å². The van der Waals surface area contributed by atoms with Crippen molar-refractivity contribution in [3.8, 4) is 0 Å². The summed E-state index contributed by atoms with van der Waals surface area (Å²) in [4.78, 5) is 30.1. The van der Waals surface area contributed by atoms with Crippen molar-refractivity contribution in [2.24, 2.45) is 4.99 Å². The number of benzene rings is 3. The molecular formula is C27H28BrN3O3S.